The number of nitrogens with zero attached hydrogens (tertiary/aromatic N) is 1. The first-order valence-corrected chi connectivity index (χ1v) is 6.55. The summed E-state index contributed by atoms with van der Waals surface area (Å²) in [5.74, 6) is 0. The lowest BCUT2D eigenvalue weighted by atomic mass is 10.1. The first-order valence-electron chi connectivity index (χ1n) is 6.55. The lowest BCUT2D eigenvalue weighted by molar-refractivity contribution is 0.0635. The van der Waals surface area contributed by atoms with Crippen molar-refractivity contribution in [2.75, 3.05) is 11.9 Å². The summed E-state index contributed by atoms with van der Waals surface area (Å²) in [6.45, 7) is 9.18. The third kappa shape index (κ3) is 3.67. The van der Waals surface area contributed by atoms with Gasteiger partial charge >= 0.3 is 6.09 Å². The average Bonchev–Trinajstić information content (AvgIpc) is 2.27. The average molecular weight is 263 g/mol. The molecule has 0 saturated heterocycles. The van der Waals surface area contributed by atoms with E-state index in [1.54, 1.807) is 0 Å². The van der Waals surface area contributed by atoms with Crippen LogP contribution in [0.1, 0.15) is 37.7 Å². The second-order valence-corrected chi connectivity index (χ2v) is 5.78. The van der Waals surface area contributed by atoms with Gasteiger partial charge in [-0.25, -0.2) is 4.79 Å². The van der Waals surface area contributed by atoms with Gasteiger partial charge in [0.2, 0.25) is 0 Å². The number of aromatic nitrogens is 1. The predicted octanol–water partition coefficient (Wildman–Crippen LogP) is 2.38. The molecule has 5 heteroatoms. The van der Waals surface area contributed by atoms with E-state index in [2.05, 4.69) is 15.6 Å². The van der Waals surface area contributed by atoms with Crippen LogP contribution in [0.2, 0.25) is 0 Å². The van der Waals surface area contributed by atoms with Crippen LogP contribution in [0.15, 0.2) is 6.07 Å². The third-order valence-corrected chi connectivity index (χ3v) is 2.87. The summed E-state index contributed by atoms with van der Waals surface area (Å²) in [5.41, 5.74) is 3.30. The van der Waals surface area contributed by atoms with Crippen molar-refractivity contribution in [2.24, 2.45) is 0 Å². The summed E-state index contributed by atoms with van der Waals surface area (Å²) < 4.78 is 5.25. The maximum atomic E-state index is 11.8. The number of ether oxygens (including phenoxy) is 1. The maximum Gasteiger partial charge on any atom is 0.412 e. The number of aryl methyl sites for hydroxylation is 1. The zero-order valence-corrected chi connectivity index (χ0v) is 12.0. The minimum atomic E-state index is -0.499. The van der Waals surface area contributed by atoms with Crippen molar-refractivity contribution in [3.05, 3.63) is 23.0 Å². The fourth-order valence-corrected chi connectivity index (χ4v) is 2.04. The van der Waals surface area contributed by atoms with Crippen molar-refractivity contribution in [1.29, 1.82) is 0 Å². The van der Waals surface area contributed by atoms with E-state index in [9.17, 15) is 4.79 Å². The summed E-state index contributed by atoms with van der Waals surface area (Å²) in [6, 6.07) is 1.98. The van der Waals surface area contributed by atoms with Crippen molar-refractivity contribution in [3.8, 4) is 0 Å². The van der Waals surface area contributed by atoms with E-state index < -0.39 is 11.7 Å². The Kier molecular flexibility index (Phi) is 3.75. The summed E-state index contributed by atoms with van der Waals surface area (Å²) in [6.07, 6.45) is 0.490. The molecule has 19 heavy (non-hydrogen) atoms. The Hall–Kier alpha value is -1.62. The highest BCUT2D eigenvalue weighted by Crippen LogP contribution is 2.21. The van der Waals surface area contributed by atoms with E-state index >= 15 is 0 Å². The predicted molar refractivity (Wildman–Crippen MR) is 74.2 cm³/mol. The molecule has 0 aliphatic carbocycles. The highest BCUT2D eigenvalue weighted by Gasteiger charge is 2.18. The van der Waals surface area contributed by atoms with Crippen molar-refractivity contribution in [2.45, 2.75) is 46.3 Å². The topological polar surface area (TPSA) is 63.2 Å². The van der Waals surface area contributed by atoms with Gasteiger partial charge in [-0.3, -0.25) is 10.3 Å². The Morgan fingerprint density at radius 1 is 1.47 bits per heavy atom. The number of nitrogens with one attached hydrogen (secondary N) is 2. The highest BCUT2D eigenvalue weighted by atomic mass is 16.6. The molecule has 2 heterocycles. The molecular weight excluding hydrogens is 242 g/mol. The molecule has 1 amide bonds. The Morgan fingerprint density at radius 2 is 2.21 bits per heavy atom. The summed E-state index contributed by atoms with van der Waals surface area (Å²) in [4.78, 5) is 16.3. The molecule has 0 aromatic carbocycles. The van der Waals surface area contributed by atoms with Gasteiger partial charge in [-0.2, -0.15) is 0 Å². The van der Waals surface area contributed by atoms with E-state index in [1.165, 1.54) is 0 Å². The van der Waals surface area contributed by atoms with Gasteiger partial charge in [0, 0.05) is 25.2 Å². The van der Waals surface area contributed by atoms with Crippen molar-refractivity contribution >= 4 is 11.8 Å². The molecule has 1 aromatic rings. The van der Waals surface area contributed by atoms with Crippen molar-refractivity contribution in [1.82, 2.24) is 10.3 Å². The largest absolute Gasteiger partial charge is 0.444 e. The summed E-state index contributed by atoms with van der Waals surface area (Å²) in [7, 11) is 0. The highest BCUT2D eigenvalue weighted by molar-refractivity contribution is 5.85. The number of carbonyl (C=O) groups excluding carboxylic acids is 1. The van der Waals surface area contributed by atoms with Gasteiger partial charge in [0.15, 0.2) is 0 Å². The molecule has 0 saturated carbocycles. The van der Waals surface area contributed by atoms with Gasteiger partial charge in [0.1, 0.15) is 5.60 Å². The molecule has 0 unspecified atom stereocenters. The van der Waals surface area contributed by atoms with Crippen LogP contribution in [-0.2, 0) is 17.7 Å². The zero-order valence-electron chi connectivity index (χ0n) is 12.0. The number of carbonyl (C=O) groups is 1. The van der Waals surface area contributed by atoms with Crippen molar-refractivity contribution in [3.63, 3.8) is 0 Å². The van der Waals surface area contributed by atoms with Crippen LogP contribution in [-0.4, -0.2) is 23.2 Å². The number of fused-ring (bicyclic) bond motifs is 1. The molecule has 0 atom stereocenters. The normalized spacial score (nSPS) is 14.7. The number of pyridine rings is 1. The van der Waals surface area contributed by atoms with Crippen LogP contribution >= 0.6 is 0 Å². The monoisotopic (exact) mass is 263 g/mol. The summed E-state index contributed by atoms with van der Waals surface area (Å²) >= 11 is 0. The third-order valence-electron chi connectivity index (χ3n) is 2.87. The summed E-state index contributed by atoms with van der Waals surface area (Å²) in [5, 5.41) is 6.06. The molecular formula is C14H21N3O2. The molecule has 5 nitrogen and oxygen atoms in total. The molecule has 0 radical (unpaired) electrons. The Morgan fingerprint density at radius 3 is 2.89 bits per heavy atom. The fourth-order valence-electron chi connectivity index (χ4n) is 2.04. The molecule has 104 valence electrons. The lowest BCUT2D eigenvalue weighted by Gasteiger charge is -2.22. The van der Waals surface area contributed by atoms with Gasteiger partial charge in [-0.1, -0.05) is 0 Å². The minimum Gasteiger partial charge on any atom is -0.444 e. The second-order valence-electron chi connectivity index (χ2n) is 5.78. The molecule has 0 bridgehead atoms. The van der Waals surface area contributed by atoms with Crippen LogP contribution in [0.5, 0.6) is 0 Å². The van der Waals surface area contributed by atoms with Crippen LogP contribution in [0.4, 0.5) is 10.5 Å². The smallest absolute Gasteiger partial charge is 0.412 e. The van der Waals surface area contributed by atoms with E-state index in [0.29, 0.717) is 0 Å². The molecule has 2 rings (SSSR count). The number of amides is 1. The van der Waals surface area contributed by atoms with E-state index in [0.717, 1.165) is 42.1 Å². The Balaban J connectivity index is 2.14. The van der Waals surface area contributed by atoms with Gasteiger partial charge in [-0.15, -0.1) is 0 Å². The zero-order chi connectivity index (χ0) is 14.0. The Bertz CT molecular complexity index is 492. The molecule has 2 N–H and O–H groups in total. The molecule has 0 spiro atoms. The van der Waals surface area contributed by atoms with Crippen molar-refractivity contribution < 1.29 is 9.53 Å². The minimum absolute atomic E-state index is 0.443. The molecule has 1 aliphatic rings. The number of anilines is 1. The molecule has 1 aliphatic heterocycles. The van der Waals surface area contributed by atoms with Crippen LogP contribution in [0, 0.1) is 6.92 Å². The van der Waals surface area contributed by atoms with Gasteiger partial charge < -0.3 is 10.1 Å². The maximum absolute atomic E-state index is 11.8. The lowest BCUT2D eigenvalue weighted by Crippen LogP contribution is -2.28. The van der Waals surface area contributed by atoms with Crippen LogP contribution < -0.4 is 10.6 Å². The van der Waals surface area contributed by atoms with E-state index in [-0.39, 0.29) is 0 Å². The SMILES string of the molecule is Cc1nc2c(cc1NC(=O)OC(C)(C)C)CNCC2. The molecule has 0 fully saturated rings. The number of hydrogen-bond donors (Lipinski definition) is 2. The second kappa shape index (κ2) is 5.17. The van der Waals surface area contributed by atoms with E-state index in [4.69, 9.17) is 4.74 Å². The standard InChI is InChI=1S/C14H21N3O2/c1-9-12(17-13(18)19-14(2,3)4)7-10-8-15-6-5-11(10)16-9/h7,15H,5-6,8H2,1-4H3,(H,17,18). The number of rotatable bonds is 1. The molecule has 1 aromatic heterocycles. The van der Waals surface area contributed by atoms with Gasteiger partial charge in [0.05, 0.1) is 11.4 Å². The van der Waals surface area contributed by atoms with E-state index in [1.807, 2.05) is 33.8 Å². The van der Waals surface area contributed by atoms with Crippen LogP contribution in [0.25, 0.3) is 0 Å². The Labute approximate surface area is 113 Å². The fraction of sp³-hybridized carbons (Fsp3) is 0.571. The van der Waals surface area contributed by atoms with Gasteiger partial charge in [0.25, 0.3) is 0 Å². The van der Waals surface area contributed by atoms with Crippen LogP contribution in [0.3, 0.4) is 0 Å². The number of hydrogen-bond acceptors (Lipinski definition) is 4. The quantitative estimate of drug-likeness (QED) is 0.816. The van der Waals surface area contributed by atoms with Gasteiger partial charge in [-0.05, 0) is 39.3 Å². The first kappa shape index (κ1) is 13.8. The first-order chi connectivity index (χ1) is 8.85.